The summed E-state index contributed by atoms with van der Waals surface area (Å²) in [6.45, 7) is 4.93. The van der Waals surface area contributed by atoms with E-state index in [-0.39, 0.29) is 12.5 Å². The molecular formula is C21H21N5OS2. The zero-order valence-corrected chi connectivity index (χ0v) is 18.1. The number of likely N-dealkylation sites (N-methyl/N-ethyl adjacent to an activating group) is 1. The highest BCUT2D eigenvalue weighted by Gasteiger charge is 2.19. The Labute approximate surface area is 177 Å². The van der Waals surface area contributed by atoms with Crippen molar-refractivity contribution in [2.24, 2.45) is 0 Å². The summed E-state index contributed by atoms with van der Waals surface area (Å²) in [5.74, 6) is 1.34. The standard InChI is InChI=1S/C21H21N5OS2/c1-13-14(2)29-21-18(13)20(24-19(25-21)15-6-4-8-22-10-15)26(3)12-17(27)23-11-16-7-5-9-28-16/h4-10H,11-12H2,1-3H3,(H,23,27). The van der Waals surface area contributed by atoms with Gasteiger partial charge in [0.1, 0.15) is 10.6 Å². The molecule has 0 saturated heterocycles. The lowest BCUT2D eigenvalue weighted by molar-refractivity contribution is -0.119. The van der Waals surface area contributed by atoms with E-state index in [9.17, 15) is 4.79 Å². The number of anilines is 1. The average Bonchev–Trinajstić information content (AvgIpc) is 3.34. The molecular weight excluding hydrogens is 402 g/mol. The maximum atomic E-state index is 12.5. The number of fused-ring (bicyclic) bond motifs is 1. The second-order valence-corrected chi connectivity index (χ2v) is 9.02. The number of thiophene rings is 2. The smallest absolute Gasteiger partial charge is 0.239 e. The fourth-order valence-corrected chi connectivity index (χ4v) is 4.74. The van der Waals surface area contributed by atoms with Crippen LogP contribution in [0.1, 0.15) is 15.3 Å². The second-order valence-electron chi connectivity index (χ2n) is 6.79. The molecule has 148 valence electrons. The van der Waals surface area contributed by atoms with Gasteiger partial charge >= 0.3 is 0 Å². The fraction of sp³-hybridized carbons (Fsp3) is 0.238. The van der Waals surface area contributed by atoms with Crippen LogP contribution in [0.3, 0.4) is 0 Å². The highest BCUT2D eigenvalue weighted by molar-refractivity contribution is 7.18. The van der Waals surface area contributed by atoms with Crippen LogP contribution in [0.15, 0.2) is 42.0 Å². The van der Waals surface area contributed by atoms with Gasteiger partial charge in [0.25, 0.3) is 0 Å². The van der Waals surface area contributed by atoms with E-state index in [1.54, 1.807) is 35.1 Å². The molecule has 6 nitrogen and oxygen atoms in total. The molecule has 0 aliphatic rings. The number of amides is 1. The molecule has 1 N–H and O–H groups in total. The third-order valence-corrected chi connectivity index (χ3v) is 6.69. The van der Waals surface area contributed by atoms with Gasteiger partial charge in [0.2, 0.25) is 5.91 Å². The lowest BCUT2D eigenvalue weighted by atomic mass is 10.2. The Hall–Kier alpha value is -2.84. The first-order valence-corrected chi connectivity index (χ1v) is 10.9. The third-order valence-electron chi connectivity index (χ3n) is 4.71. The quantitative estimate of drug-likeness (QED) is 0.504. The van der Waals surface area contributed by atoms with Gasteiger partial charge in [0.15, 0.2) is 5.82 Å². The van der Waals surface area contributed by atoms with Crippen LogP contribution in [0.25, 0.3) is 21.6 Å². The predicted molar refractivity (Wildman–Crippen MR) is 120 cm³/mol. The van der Waals surface area contributed by atoms with Crippen molar-refractivity contribution in [3.8, 4) is 11.4 Å². The van der Waals surface area contributed by atoms with E-state index in [1.165, 1.54) is 4.88 Å². The molecule has 4 aromatic heterocycles. The first-order chi connectivity index (χ1) is 14.0. The van der Waals surface area contributed by atoms with E-state index in [4.69, 9.17) is 9.97 Å². The topological polar surface area (TPSA) is 71.0 Å². The van der Waals surface area contributed by atoms with Gasteiger partial charge in [-0.15, -0.1) is 22.7 Å². The van der Waals surface area contributed by atoms with Crippen molar-refractivity contribution in [3.05, 3.63) is 57.4 Å². The fourth-order valence-electron chi connectivity index (χ4n) is 3.07. The Balaban J connectivity index is 1.64. The van der Waals surface area contributed by atoms with E-state index < -0.39 is 0 Å². The lowest BCUT2D eigenvalue weighted by Crippen LogP contribution is -2.35. The minimum absolute atomic E-state index is 0.0415. The second kappa shape index (κ2) is 8.26. The summed E-state index contributed by atoms with van der Waals surface area (Å²) < 4.78 is 0. The Bertz CT molecular complexity index is 1140. The van der Waals surface area contributed by atoms with Crippen LogP contribution in [0.4, 0.5) is 5.82 Å². The molecule has 8 heteroatoms. The highest BCUT2D eigenvalue weighted by atomic mass is 32.1. The van der Waals surface area contributed by atoms with Crippen LogP contribution in [0.5, 0.6) is 0 Å². The number of carbonyl (C=O) groups is 1. The van der Waals surface area contributed by atoms with Crippen LogP contribution in [-0.2, 0) is 11.3 Å². The highest BCUT2D eigenvalue weighted by Crippen LogP contribution is 2.36. The molecule has 0 radical (unpaired) electrons. The van der Waals surface area contributed by atoms with Gasteiger partial charge in [-0.05, 0) is 43.0 Å². The van der Waals surface area contributed by atoms with Gasteiger partial charge in [0.05, 0.1) is 18.5 Å². The van der Waals surface area contributed by atoms with Crippen LogP contribution in [-0.4, -0.2) is 34.5 Å². The first-order valence-electron chi connectivity index (χ1n) is 9.21. The third kappa shape index (κ3) is 4.13. The van der Waals surface area contributed by atoms with Gasteiger partial charge in [-0.2, -0.15) is 0 Å². The summed E-state index contributed by atoms with van der Waals surface area (Å²) in [5, 5.41) is 5.99. The summed E-state index contributed by atoms with van der Waals surface area (Å²) in [4.78, 5) is 31.4. The summed E-state index contributed by atoms with van der Waals surface area (Å²) in [6.07, 6.45) is 3.48. The maximum absolute atomic E-state index is 12.5. The van der Waals surface area contributed by atoms with E-state index in [0.717, 1.165) is 32.0 Å². The molecule has 0 aromatic carbocycles. The van der Waals surface area contributed by atoms with Crippen molar-refractivity contribution in [3.63, 3.8) is 0 Å². The van der Waals surface area contributed by atoms with Gasteiger partial charge < -0.3 is 10.2 Å². The SMILES string of the molecule is Cc1sc2nc(-c3cccnc3)nc(N(C)CC(=O)NCc3cccs3)c2c1C. The van der Waals surface area contributed by atoms with Crippen molar-refractivity contribution in [2.45, 2.75) is 20.4 Å². The Morgan fingerprint density at radius 2 is 2.07 bits per heavy atom. The number of nitrogens with zero attached hydrogens (tertiary/aromatic N) is 4. The molecule has 0 aliphatic carbocycles. The molecule has 0 spiro atoms. The number of pyridine rings is 1. The molecule has 0 atom stereocenters. The summed E-state index contributed by atoms with van der Waals surface area (Å²) in [6, 6.07) is 7.81. The minimum atomic E-state index is -0.0415. The Morgan fingerprint density at radius 1 is 1.21 bits per heavy atom. The van der Waals surface area contributed by atoms with E-state index in [0.29, 0.717) is 12.4 Å². The van der Waals surface area contributed by atoms with Crippen molar-refractivity contribution < 1.29 is 4.79 Å². The molecule has 4 heterocycles. The van der Waals surface area contributed by atoms with E-state index >= 15 is 0 Å². The minimum Gasteiger partial charge on any atom is -0.350 e. The van der Waals surface area contributed by atoms with Gasteiger partial charge in [-0.25, -0.2) is 9.97 Å². The van der Waals surface area contributed by atoms with Crippen molar-refractivity contribution in [2.75, 3.05) is 18.5 Å². The largest absolute Gasteiger partial charge is 0.350 e. The number of hydrogen-bond donors (Lipinski definition) is 1. The molecule has 0 aliphatic heterocycles. The zero-order chi connectivity index (χ0) is 20.4. The van der Waals surface area contributed by atoms with Crippen molar-refractivity contribution in [1.82, 2.24) is 20.3 Å². The molecule has 4 aromatic rings. The molecule has 0 bridgehead atoms. The van der Waals surface area contributed by atoms with E-state index in [1.807, 2.05) is 41.6 Å². The molecule has 0 saturated carbocycles. The molecule has 29 heavy (non-hydrogen) atoms. The van der Waals surface area contributed by atoms with Crippen LogP contribution >= 0.6 is 22.7 Å². The average molecular weight is 424 g/mol. The number of hydrogen-bond acceptors (Lipinski definition) is 7. The van der Waals surface area contributed by atoms with Crippen molar-refractivity contribution >= 4 is 44.6 Å². The summed E-state index contributed by atoms with van der Waals surface area (Å²) in [5.41, 5.74) is 2.01. The molecule has 0 fully saturated rings. The summed E-state index contributed by atoms with van der Waals surface area (Å²) in [7, 11) is 1.89. The summed E-state index contributed by atoms with van der Waals surface area (Å²) >= 11 is 3.28. The number of aromatic nitrogens is 3. The van der Waals surface area contributed by atoms with Gasteiger partial charge in [0, 0.05) is 34.8 Å². The van der Waals surface area contributed by atoms with Crippen LogP contribution in [0.2, 0.25) is 0 Å². The predicted octanol–water partition coefficient (Wildman–Crippen LogP) is 4.18. The number of rotatable bonds is 6. The maximum Gasteiger partial charge on any atom is 0.239 e. The van der Waals surface area contributed by atoms with Crippen molar-refractivity contribution in [1.29, 1.82) is 0 Å². The Morgan fingerprint density at radius 3 is 2.79 bits per heavy atom. The van der Waals surface area contributed by atoms with E-state index in [2.05, 4.69) is 24.1 Å². The number of nitrogens with one attached hydrogen (secondary N) is 1. The number of aryl methyl sites for hydroxylation is 2. The first kappa shape index (κ1) is 19.5. The zero-order valence-electron chi connectivity index (χ0n) is 16.5. The Kier molecular flexibility index (Phi) is 5.55. The molecule has 0 unspecified atom stereocenters. The van der Waals surface area contributed by atoms with Crippen LogP contribution in [0, 0.1) is 13.8 Å². The monoisotopic (exact) mass is 423 g/mol. The number of carbonyl (C=O) groups excluding carboxylic acids is 1. The van der Waals surface area contributed by atoms with Gasteiger partial charge in [-0.3, -0.25) is 9.78 Å². The lowest BCUT2D eigenvalue weighted by Gasteiger charge is -2.19. The molecule has 4 rings (SSSR count). The normalized spacial score (nSPS) is 11.0. The van der Waals surface area contributed by atoms with Crippen LogP contribution < -0.4 is 10.2 Å². The van der Waals surface area contributed by atoms with Gasteiger partial charge in [-0.1, -0.05) is 6.07 Å². The molecule has 1 amide bonds.